The van der Waals surface area contributed by atoms with Crippen LogP contribution in [0.25, 0.3) is 16.7 Å². The maximum absolute atomic E-state index is 8.05. The molecule has 0 fully saturated rings. The van der Waals surface area contributed by atoms with Crippen LogP contribution in [0.2, 0.25) is 5.02 Å². The number of fused-ring (bicyclic) bond motifs is 1. The van der Waals surface area contributed by atoms with Gasteiger partial charge in [0.15, 0.2) is 5.82 Å². The van der Waals surface area contributed by atoms with Gasteiger partial charge < -0.3 is 9.84 Å². The van der Waals surface area contributed by atoms with Gasteiger partial charge in [0.25, 0.3) is 5.75 Å². The standard InChI is InChI=1S/C13H10ClN3O2/c1-19-10-4-3-8-9(18)7-11(16-13(8)12(10)14)17-6-2-5-15-17/h2-7H,1H3,(H,16,18)/p+1. The van der Waals surface area contributed by atoms with Crippen LogP contribution in [0.3, 0.4) is 0 Å². The Hall–Kier alpha value is -2.27. The molecule has 0 unspecified atom stereocenters. The number of methoxy groups -OCH3 is 1. The highest BCUT2D eigenvalue weighted by Crippen LogP contribution is 2.35. The predicted molar refractivity (Wildman–Crippen MR) is 73.5 cm³/mol. The number of benzene rings is 1. The molecule has 0 aliphatic carbocycles. The van der Waals surface area contributed by atoms with Crippen molar-refractivity contribution < 1.29 is 9.84 Å². The Morgan fingerprint density at radius 2 is 2.21 bits per heavy atom. The highest BCUT2D eigenvalue weighted by molar-refractivity contribution is 6.36. The lowest BCUT2D eigenvalue weighted by Gasteiger charge is -2.07. The first-order chi connectivity index (χ1) is 9.20. The molecule has 0 aliphatic heterocycles. The number of nitrogens with zero attached hydrogens (tertiary/aromatic N) is 3. The molecule has 2 N–H and O–H groups in total. The van der Waals surface area contributed by atoms with E-state index in [9.17, 15) is 0 Å². The third-order valence-corrected chi connectivity index (χ3v) is 3.20. The Labute approximate surface area is 114 Å². The minimum absolute atomic E-state index is 0.347. The topological polar surface area (TPSA) is 62.8 Å². The van der Waals surface area contributed by atoms with E-state index in [-0.39, 0.29) is 0 Å². The van der Waals surface area contributed by atoms with Crippen molar-refractivity contribution in [3.05, 3.63) is 41.7 Å². The van der Waals surface area contributed by atoms with Gasteiger partial charge in [-0.05, 0) is 18.2 Å². The molecule has 0 amide bonds. The summed E-state index contributed by atoms with van der Waals surface area (Å²) in [6, 6.07) is 6.96. The number of ether oxygens (including phenoxy) is 1. The molecular formula is C13H11ClN3O2+. The van der Waals surface area contributed by atoms with Gasteiger partial charge >= 0.3 is 0 Å². The third-order valence-electron chi connectivity index (χ3n) is 2.83. The molecule has 5 nitrogen and oxygen atoms in total. The Bertz CT molecular complexity index is 741. The fraction of sp³-hybridized carbons (Fsp3) is 0.0769. The van der Waals surface area contributed by atoms with Gasteiger partial charge in [0, 0.05) is 12.4 Å². The Kier molecular flexibility index (Phi) is 2.76. The predicted octanol–water partition coefficient (Wildman–Crippen LogP) is 2.52. The van der Waals surface area contributed by atoms with Gasteiger partial charge in [-0.2, -0.15) is 5.10 Å². The van der Waals surface area contributed by atoms with Crippen molar-refractivity contribution in [2.75, 3.05) is 7.11 Å². The van der Waals surface area contributed by atoms with Crippen molar-refractivity contribution in [3.63, 3.8) is 0 Å². The zero-order chi connectivity index (χ0) is 13.4. The zero-order valence-electron chi connectivity index (χ0n) is 10.1. The van der Waals surface area contributed by atoms with E-state index in [0.717, 1.165) is 0 Å². The number of halogens is 1. The molecule has 0 atom stereocenters. The fourth-order valence-electron chi connectivity index (χ4n) is 1.91. The molecule has 0 saturated carbocycles. The maximum Gasteiger partial charge on any atom is 0.267 e. The van der Waals surface area contributed by atoms with Crippen LogP contribution in [0, 0.1) is 0 Å². The molecule has 0 bridgehead atoms. The van der Waals surface area contributed by atoms with Gasteiger partial charge in [-0.25, -0.2) is 9.67 Å². The third kappa shape index (κ3) is 1.88. The van der Waals surface area contributed by atoms with Gasteiger partial charge in [-0.1, -0.05) is 11.6 Å². The second-order valence-corrected chi connectivity index (χ2v) is 4.33. The van der Waals surface area contributed by atoms with Crippen LogP contribution in [-0.2, 0) is 0 Å². The lowest BCUT2D eigenvalue weighted by atomic mass is 10.2. The molecule has 6 heteroatoms. The smallest absolute Gasteiger partial charge is 0.267 e. The summed E-state index contributed by atoms with van der Waals surface area (Å²) in [4.78, 5) is 4.46. The number of aromatic nitrogens is 3. The molecule has 1 aromatic carbocycles. The molecule has 3 aromatic rings. The SMILES string of the molecule is COc1ccc2c([OH2+])cc(-n3cccn3)nc2c1Cl. The summed E-state index contributed by atoms with van der Waals surface area (Å²) in [7, 11) is 1.55. The first-order valence-corrected chi connectivity index (χ1v) is 5.97. The molecule has 0 saturated heterocycles. The van der Waals surface area contributed by atoms with Gasteiger partial charge in [-0.15, -0.1) is 0 Å². The molecule has 96 valence electrons. The number of hydrogen-bond acceptors (Lipinski definition) is 3. The number of hydrogen-bond donors (Lipinski definition) is 0. The lowest BCUT2D eigenvalue weighted by Crippen LogP contribution is -1.98. The average Bonchev–Trinajstić information content (AvgIpc) is 2.94. The Morgan fingerprint density at radius 1 is 1.37 bits per heavy atom. The summed E-state index contributed by atoms with van der Waals surface area (Å²) in [6.45, 7) is 0. The van der Waals surface area contributed by atoms with E-state index in [1.165, 1.54) is 0 Å². The molecular weight excluding hydrogens is 266 g/mol. The summed E-state index contributed by atoms with van der Waals surface area (Å²) in [5.41, 5.74) is 0.541. The molecule has 3 rings (SSSR count). The largest absolute Gasteiger partial charge is 0.593 e. The van der Waals surface area contributed by atoms with Crippen molar-refractivity contribution in [2.24, 2.45) is 0 Å². The Morgan fingerprint density at radius 3 is 2.89 bits per heavy atom. The van der Waals surface area contributed by atoms with Gasteiger partial charge in [0.05, 0.1) is 18.6 Å². The normalized spacial score (nSPS) is 10.8. The lowest BCUT2D eigenvalue weighted by molar-refractivity contribution is 0.415. The minimum atomic E-state index is 0.347. The number of rotatable bonds is 2. The van der Waals surface area contributed by atoms with Gasteiger partial charge in [-0.3, -0.25) is 0 Å². The first kappa shape index (κ1) is 11.8. The molecule has 2 heterocycles. The maximum atomic E-state index is 8.05. The van der Waals surface area contributed by atoms with E-state index in [0.29, 0.717) is 33.2 Å². The van der Waals surface area contributed by atoms with E-state index >= 15 is 0 Å². The van der Waals surface area contributed by atoms with Gasteiger partial charge in [0.1, 0.15) is 16.3 Å². The van der Waals surface area contributed by atoms with Crippen molar-refractivity contribution in [3.8, 4) is 17.3 Å². The zero-order valence-corrected chi connectivity index (χ0v) is 10.8. The van der Waals surface area contributed by atoms with Crippen LogP contribution in [0.5, 0.6) is 11.5 Å². The summed E-state index contributed by atoms with van der Waals surface area (Å²) in [5, 5.41) is 13.2. The fourth-order valence-corrected chi connectivity index (χ4v) is 2.19. The van der Waals surface area contributed by atoms with Crippen molar-refractivity contribution in [2.45, 2.75) is 0 Å². The molecule has 2 aromatic heterocycles. The summed E-state index contributed by atoms with van der Waals surface area (Å²) in [5.74, 6) is 1.44. The molecule has 0 aliphatic rings. The van der Waals surface area contributed by atoms with E-state index in [1.807, 2.05) is 0 Å². The van der Waals surface area contributed by atoms with E-state index in [4.69, 9.17) is 21.4 Å². The second-order valence-electron chi connectivity index (χ2n) is 3.96. The van der Waals surface area contributed by atoms with Gasteiger partial charge in [0.2, 0.25) is 0 Å². The van der Waals surface area contributed by atoms with E-state index in [2.05, 4.69) is 10.1 Å². The summed E-state index contributed by atoms with van der Waals surface area (Å²) in [6.07, 6.45) is 3.42. The van der Waals surface area contributed by atoms with Crippen LogP contribution in [0.1, 0.15) is 0 Å². The molecule has 0 radical (unpaired) electrons. The van der Waals surface area contributed by atoms with E-state index < -0.39 is 0 Å². The highest BCUT2D eigenvalue weighted by Gasteiger charge is 2.15. The summed E-state index contributed by atoms with van der Waals surface area (Å²) >= 11 is 6.25. The van der Waals surface area contributed by atoms with Crippen molar-refractivity contribution >= 4 is 22.5 Å². The number of pyridine rings is 1. The minimum Gasteiger partial charge on any atom is -0.593 e. The van der Waals surface area contributed by atoms with Crippen molar-refractivity contribution in [1.82, 2.24) is 14.8 Å². The average molecular weight is 277 g/mol. The Balaban J connectivity index is 2.32. The van der Waals surface area contributed by atoms with Crippen LogP contribution in [0.15, 0.2) is 36.7 Å². The second kappa shape index (κ2) is 4.44. The molecule has 19 heavy (non-hydrogen) atoms. The van der Waals surface area contributed by atoms with Crippen LogP contribution in [0.4, 0.5) is 0 Å². The monoisotopic (exact) mass is 276 g/mol. The van der Waals surface area contributed by atoms with Crippen LogP contribution >= 0.6 is 11.6 Å². The quantitative estimate of drug-likeness (QED) is 0.676. The highest BCUT2D eigenvalue weighted by atomic mass is 35.5. The van der Waals surface area contributed by atoms with E-state index in [1.54, 1.807) is 48.5 Å². The van der Waals surface area contributed by atoms with Crippen molar-refractivity contribution in [1.29, 1.82) is 0 Å². The van der Waals surface area contributed by atoms with Crippen LogP contribution < -0.4 is 4.74 Å². The first-order valence-electron chi connectivity index (χ1n) is 5.59. The van der Waals surface area contributed by atoms with Crippen LogP contribution in [-0.4, -0.2) is 27.0 Å². The summed E-state index contributed by atoms with van der Waals surface area (Å²) < 4.78 is 6.76. The molecule has 0 spiro atoms.